The number of hydrogen-bond acceptors (Lipinski definition) is 2. The van der Waals surface area contributed by atoms with E-state index < -0.39 is 0 Å². The highest BCUT2D eigenvalue weighted by molar-refractivity contribution is 6.84. The summed E-state index contributed by atoms with van der Waals surface area (Å²) in [5.41, 5.74) is 13.4. The molecule has 12 rings (SSSR count). The summed E-state index contributed by atoms with van der Waals surface area (Å²) >= 11 is 0. The summed E-state index contributed by atoms with van der Waals surface area (Å²) in [4.78, 5) is 0. The van der Waals surface area contributed by atoms with E-state index in [1.807, 2.05) is 12.1 Å². The predicted octanol–water partition coefficient (Wildman–Crippen LogP) is 10.8. The molecule has 0 amide bonds. The Hall–Kier alpha value is -6.98. The van der Waals surface area contributed by atoms with Gasteiger partial charge in [0.25, 0.3) is 0 Å². The van der Waals surface area contributed by atoms with Gasteiger partial charge >= 0.3 is 6.92 Å². The lowest BCUT2D eigenvalue weighted by Gasteiger charge is -2.33. The van der Waals surface area contributed by atoms with Crippen LogP contribution in [0.1, 0.15) is 0 Å². The van der Waals surface area contributed by atoms with Crippen LogP contribution in [-0.2, 0) is 0 Å². The van der Waals surface area contributed by atoms with E-state index in [0.29, 0.717) is 0 Å². The number of benzene rings is 8. The molecule has 0 fully saturated rings. The van der Waals surface area contributed by atoms with E-state index in [4.69, 9.17) is 9.39 Å². The number of ether oxygens (including phenoxy) is 1. The average Bonchev–Trinajstić information content (AvgIpc) is 3.74. The van der Waals surface area contributed by atoms with Crippen LogP contribution in [0.5, 0.6) is 17.2 Å². The van der Waals surface area contributed by atoms with E-state index in [-0.39, 0.29) is 6.92 Å². The highest BCUT2D eigenvalue weighted by Crippen LogP contribution is 2.44. The van der Waals surface area contributed by atoms with E-state index in [0.717, 1.165) is 61.8 Å². The molecule has 10 aromatic rings. The maximum absolute atomic E-state index is 7.03. The van der Waals surface area contributed by atoms with Gasteiger partial charge in [0.1, 0.15) is 17.2 Å². The number of hydrogen-bond donors (Lipinski definition) is 0. The minimum absolute atomic E-state index is 0.288. The Morgan fingerprint density at radius 1 is 0.377 bits per heavy atom. The Morgan fingerprint density at radius 3 is 1.58 bits per heavy atom. The highest BCUT2D eigenvalue weighted by Gasteiger charge is 2.41. The fourth-order valence-electron chi connectivity index (χ4n) is 8.88. The Morgan fingerprint density at radius 2 is 0.943 bits per heavy atom. The van der Waals surface area contributed by atoms with E-state index >= 15 is 0 Å². The lowest BCUT2D eigenvalue weighted by atomic mass is 9.50. The molecule has 4 nitrogen and oxygen atoms in total. The van der Waals surface area contributed by atoms with Crippen LogP contribution in [0.4, 0.5) is 0 Å². The van der Waals surface area contributed by atoms with Crippen molar-refractivity contribution >= 4 is 61.5 Å². The number of aromatic nitrogens is 2. The Bertz CT molecular complexity index is 3050. The Labute approximate surface area is 305 Å². The molecule has 0 N–H and O–H groups in total. The Balaban J connectivity index is 1.06. The molecule has 246 valence electrons. The van der Waals surface area contributed by atoms with Gasteiger partial charge in [0, 0.05) is 55.5 Å². The topological polar surface area (TPSA) is 28.3 Å². The Kier molecular flexibility index (Phi) is 5.83. The van der Waals surface area contributed by atoms with Crippen LogP contribution in [-0.4, -0.2) is 16.0 Å². The van der Waals surface area contributed by atoms with Gasteiger partial charge in [-0.05, 0) is 83.4 Å². The molecule has 0 spiro atoms. The molecule has 0 atom stereocenters. The maximum Gasteiger partial charge on any atom is 0.434 e. The van der Waals surface area contributed by atoms with Gasteiger partial charge in [-0.15, -0.1) is 0 Å². The molecular formula is C48H29BN2O2. The summed E-state index contributed by atoms with van der Waals surface area (Å²) in [5.74, 6) is 2.52. The van der Waals surface area contributed by atoms with E-state index in [9.17, 15) is 0 Å². The molecule has 2 aliphatic rings. The molecule has 0 bridgehead atoms. The van der Waals surface area contributed by atoms with Crippen molar-refractivity contribution in [3.8, 4) is 50.9 Å². The van der Waals surface area contributed by atoms with Crippen molar-refractivity contribution in [2.24, 2.45) is 0 Å². The second-order valence-electron chi connectivity index (χ2n) is 14.0. The number of rotatable bonds is 3. The van der Waals surface area contributed by atoms with Gasteiger partial charge in [-0.25, -0.2) is 0 Å². The SMILES string of the molecule is c1cc(-c2cc3c4c(c2)-c2ccc(-n5c6ccccc6c6ccccc65)cc2OB4c2ccccc2O3)cc(-n2c3ccccc3c3ccccc32)c1. The van der Waals surface area contributed by atoms with Crippen molar-refractivity contribution in [1.82, 2.24) is 9.13 Å². The van der Waals surface area contributed by atoms with Gasteiger partial charge in [-0.3, -0.25) is 0 Å². The standard InChI is InChI=1S/C48H29BN2O2/c1-6-19-41-34(14-1)35-15-2-7-20-42(35)50(41)32-13-11-12-30(26-32)31-27-39-38-25-24-33(51-43-21-8-3-16-36(43)37-17-4-9-22-44(37)51)29-46(38)53-49-40-18-5-10-23-45(40)52-47(28-31)48(39)49/h1-29H. The zero-order valence-electron chi connectivity index (χ0n) is 28.5. The van der Waals surface area contributed by atoms with Crippen LogP contribution >= 0.6 is 0 Å². The van der Waals surface area contributed by atoms with Gasteiger partial charge in [0.15, 0.2) is 0 Å². The third-order valence-electron chi connectivity index (χ3n) is 11.2. The van der Waals surface area contributed by atoms with Crippen LogP contribution in [0.15, 0.2) is 176 Å². The van der Waals surface area contributed by atoms with Gasteiger partial charge in [-0.2, -0.15) is 0 Å². The van der Waals surface area contributed by atoms with Crippen molar-refractivity contribution < 1.29 is 9.39 Å². The van der Waals surface area contributed by atoms with Crippen molar-refractivity contribution in [2.45, 2.75) is 0 Å². The molecule has 0 aliphatic carbocycles. The molecule has 2 aliphatic heterocycles. The van der Waals surface area contributed by atoms with Crippen molar-refractivity contribution in [3.63, 3.8) is 0 Å². The van der Waals surface area contributed by atoms with Crippen LogP contribution < -0.4 is 20.3 Å². The zero-order valence-corrected chi connectivity index (χ0v) is 28.5. The maximum atomic E-state index is 7.03. The van der Waals surface area contributed by atoms with Crippen LogP contribution in [0.3, 0.4) is 0 Å². The molecular weight excluding hydrogens is 647 g/mol. The first-order valence-electron chi connectivity index (χ1n) is 18.1. The van der Waals surface area contributed by atoms with Crippen LogP contribution in [0.25, 0.3) is 77.2 Å². The fraction of sp³-hybridized carbons (Fsp3) is 0. The van der Waals surface area contributed by atoms with Crippen molar-refractivity contribution in [2.75, 3.05) is 0 Å². The fourth-order valence-corrected chi connectivity index (χ4v) is 8.88. The van der Waals surface area contributed by atoms with Crippen molar-refractivity contribution in [1.29, 1.82) is 0 Å². The first-order valence-corrected chi connectivity index (χ1v) is 18.1. The predicted molar refractivity (Wildman–Crippen MR) is 218 cm³/mol. The molecule has 8 aromatic carbocycles. The summed E-state index contributed by atoms with van der Waals surface area (Å²) < 4.78 is 18.5. The van der Waals surface area contributed by atoms with E-state index in [1.165, 1.54) is 43.6 Å². The zero-order chi connectivity index (χ0) is 34.6. The minimum atomic E-state index is -0.288. The minimum Gasteiger partial charge on any atom is -0.551 e. The van der Waals surface area contributed by atoms with E-state index in [1.54, 1.807) is 0 Å². The third-order valence-corrected chi connectivity index (χ3v) is 11.2. The van der Waals surface area contributed by atoms with Gasteiger partial charge in [0.05, 0.1) is 22.1 Å². The second-order valence-corrected chi connectivity index (χ2v) is 14.0. The second kappa shape index (κ2) is 10.8. The monoisotopic (exact) mass is 676 g/mol. The van der Waals surface area contributed by atoms with Crippen LogP contribution in [0, 0.1) is 0 Å². The third kappa shape index (κ3) is 4.07. The van der Waals surface area contributed by atoms with Gasteiger partial charge in [-0.1, -0.05) is 103 Å². The molecule has 5 heteroatoms. The summed E-state index contributed by atoms with van der Waals surface area (Å²) in [6.45, 7) is -0.288. The number of para-hydroxylation sites is 5. The normalized spacial score (nSPS) is 12.8. The molecule has 0 saturated heterocycles. The molecule has 4 heterocycles. The lowest BCUT2D eigenvalue weighted by molar-refractivity contribution is 0.479. The van der Waals surface area contributed by atoms with Crippen LogP contribution in [0.2, 0.25) is 0 Å². The van der Waals surface area contributed by atoms with E-state index in [2.05, 4.69) is 173 Å². The van der Waals surface area contributed by atoms with Gasteiger partial charge < -0.3 is 18.5 Å². The van der Waals surface area contributed by atoms with Gasteiger partial charge in [0.2, 0.25) is 0 Å². The summed E-state index contributed by atoms with van der Waals surface area (Å²) in [5, 5.41) is 4.98. The smallest absolute Gasteiger partial charge is 0.434 e. The van der Waals surface area contributed by atoms with Crippen molar-refractivity contribution in [3.05, 3.63) is 176 Å². The summed E-state index contributed by atoms with van der Waals surface area (Å²) in [6.07, 6.45) is 0. The molecule has 0 saturated carbocycles. The quantitative estimate of drug-likeness (QED) is 0.174. The average molecular weight is 677 g/mol. The lowest BCUT2D eigenvalue weighted by Crippen LogP contribution is -2.53. The molecule has 53 heavy (non-hydrogen) atoms. The number of fused-ring (bicyclic) bond motifs is 10. The molecule has 0 radical (unpaired) electrons. The molecule has 2 aromatic heterocycles. The number of nitrogens with zero attached hydrogens (tertiary/aromatic N) is 2. The first kappa shape index (κ1) is 28.7. The molecule has 0 unspecified atom stereocenters. The first-order chi connectivity index (χ1) is 26.3. The summed E-state index contributed by atoms with van der Waals surface area (Å²) in [7, 11) is 0. The highest BCUT2D eigenvalue weighted by atomic mass is 16.5. The largest absolute Gasteiger partial charge is 0.551 e. The summed E-state index contributed by atoms with van der Waals surface area (Å²) in [6, 6.07) is 62.9.